The molecule has 2 atom stereocenters. The number of nitrogens with zero attached hydrogens (tertiary/aromatic N) is 2. The Bertz CT molecular complexity index is 702. The van der Waals surface area contributed by atoms with E-state index in [0.29, 0.717) is 6.42 Å². The summed E-state index contributed by atoms with van der Waals surface area (Å²) in [5.74, 6) is -0.834. The van der Waals surface area contributed by atoms with Gasteiger partial charge in [0.2, 0.25) is 11.8 Å². The molecule has 4 rings (SSSR count). The topological polar surface area (TPSA) is 69.7 Å². The molecule has 3 aliphatic rings. The molecule has 1 spiro atoms. The maximum Gasteiger partial charge on any atom is 0.330 e. The van der Waals surface area contributed by atoms with Crippen molar-refractivity contribution >= 4 is 23.5 Å². The van der Waals surface area contributed by atoms with Crippen molar-refractivity contribution in [3.05, 3.63) is 29.8 Å². The van der Waals surface area contributed by atoms with Crippen LogP contribution in [-0.4, -0.2) is 42.4 Å². The van der Waals surface area contributed by atoms with Gasteiger partial charge in [0.1, 0.15) is 0 Å². The molecule has 0 unspecified atom stereocenters. The Kier molecular flexibility index (Phi) is 2.61. The van der Waals surface area contributed by atoms with E-state index in [1.807, 2.05) is 24.3 Å². The zero-order chi connectivity index (χ0) is 15.5. The van der Waals surface area contributed by atoms with E-state index in [1.54, 1.807) is 0 Å². The second-order valence-electron chi connectivity index (χ2n) is 6.25. The fourth-order valence-corrected chi connectivity index (χ4v) is 4.16. The molecule has 1 N–H and O–H groups in total. The average molecular weight is 299 g/mol. The largest absolute Gasteiger partial charge is 0.367 e. The number of anilines is 1. The summed E-state index contributed by atoms with van der Waals surface area (Å²) in [5.41, 5.74) is 0.913. The van der Waals surface area contributed by atoms with E-state index >= 15 is 0 Å². The summed E-state index contributed by atoms with van der Waals surface area (Å²) in [6, 6.07) is 7.09. The van der Waals surface area contributed by atoms with Crippen LogP contribution in [-0.2, 0) is 16.0 Å². The highest BCUT2D eigenvalue weighted by Gasteiger charge is 2.62. The van der Waals surface area contributed by atoms with Crippen molar-refractivity contribution in [2.24, 2.45) is 5.41 Å². The Morgan fingerprint density at radius 1 is 1.23 bits per heavy atom. The molecule has 2 fully saturated rings. The molecular formula is C16H17N3O3. The van der Waals surface area contributed by atoms with Gasteiger partial charge in [-0.25, -0.2) is 4.79 Å². The van der Waals surface area contributed by atoms with Crippen LogP contribution >= 0.6 is 0 Å². The Hall–Kier alpha value is -2.37. The molecule has 4 amide bonds. The number of carbonyl (C=O) groups is 3. The zero-order valence-electron chi connectivity index (χ0n) is 12.3. The summed E-state index contributed by atoms with van der Waals surface area (Å²) in [6.07, 6.45) is 2.08. The van der Waals surface area contributed by atoms with Crippen molar-refractivity contribution in [3.8, 4) is 0 Å². The Balaban J connectivity index is 1.90. The molecule has 0 radical (unpaired) electrons. The average Bonchev–Trinajstić information content (AvgIpc) is 3.01. The Morgan fingerprint density at radius 3 is 2.82 bits per heavy atom. The van der Waals surface area contributed by atoms with Gasteiger partial charge in [-0.05, 0) is 30.9 Å². The number of hydrogen-bond donors (Lipinski definition) is 1. The first-order valence-corrected chi connectivity index (χ1v) is 7.54. The van der Waals surface area contributed by atoms with Crippen LogP contribution in [0.3, 0.4) is 0 Å². The highest BCUT2D eigenvalue weighted by Crippen LogP contribution is 2.47. The first kappa shape index (κ1) is 13.3. The van der Waals surface area contributed by atoms with Crippen LogP contribution in [0.2, 0.25) is 0 Å². The van der Waals surface area contributed by atoms with Crippen molar-refractivity contribution in [1.82, 2.24) is 10.2 Å². The van der Waals surface area contributed by atoms with Crippen LogP contribution in [0.25, 0.3) is 0 Å². The van der Waals surface area contributed by atoms with Crippen molar-refractivity contribution in [2.75, 3.05) is 18.5 Å². The number of rotatable bonds is 0. The number of para-hydroxylation sites is 1. The summed E-state index contributed by atoms with van der Waals surface area (Å²) in [6.45, 7) is 0.835. The summed E-state index contributed by atoms with van der Waals surface area (Å²) in [7, 11) is 1.44. The van der Waals surface area contributed by atoms with Crippen LogP contribution < -0.4 is 10.2 Å². The fourth-order valence-electron chi connectivity index (χ4n) is 4.16. The van der Waals surface area contributed by atoms with E-state index in [0.717, 1.165) is 35.5 Å². The first-order chi connectivity index (χ1) is 10.6. The molecule has 0 bridgehead atoms. The molecule has 0 saturated carbocycles. The van der Waals surface area contributed by atoms with E-state index in [9.17, 15) is 14.4 Å². The highest BCUT2D eigenvalue weighted by atomic mass is 16.2. The van der Waals surface area contributed by atoms with Gasteiger partial charge in [0.15, 0.2) is 5.41 Å². The molecule has 1 aromatic rings. The monoisotopic (exact) mass is 299 g/mol. The molecular weight excluding hydrogens is 282 g/mol. The molecule has 6 nitrogen and oxygen atoms in total. The quantitative estimate of drug-likeness (QED) is 0.723. The lowest BCUT2D eigenvalue weighted by molar-refractivity contribution is -0.152. The third-order valence-corrected chi connectivity index (χ3v) is 5.21. The SMILES string of the molecule is CN1C(=O)NC(=O)[C@@]2(Cc3ccccc3N3CCC[C@@H]32)C1=O. The van der Waals surface area contributed by atoms with Gasteiger partial charge in [0.05, 0.1) is 6.04 Å². The minimum Gasteiger partial charge on any atom is -0.367 e. The number of amides is 4. The van der Waals surface area contributed by atoms with Gasteiger partial charge in [0.25, 0.3) is 0 Å². The molecule has 22 heavy (non-hydrogen) atoms. The van der Waals surface area contributed by atoms with Gasteiger partial charge >= 0.3 is 6.03 Å². The maximum absolute atomic E-state index is 12.9. The van der Waals surface area contributed by atoms with Crippen LogP contribution in [0.1, 0.15) is 18.4 Å². The molecule has 114 valence electrons. The number of imide groups is 2. The van der Waals surface area contributed by atoms with Crippen LogP contribution in [0, 0.1) is 5.41 Å². The van der Waals surface area contributed by atoms with Gasteiger partial charge in [-0.1, -0.05) is 18.2 Å². The summed E-state index contributed by atoms with van der Waals surface area (Å²) in [4.78, 5) is 40.5. The molecule has 2 saturated heterocycles. The van der Waals surface area contributed by atoms with Crippen LogP contribution in [0.5, 0.6) is 0 Å². The Labute approximate surface area is 128 Å². The standard InChI is InChI=1S/C16H17N3O3/c1-18-14(21)16(13(20)17-15(18)22)9-10-5-2-3-6-11(10)19-8-4-7-12(16)19/h2-3,5-6,12H,4,7-9H2,1H3,(H,17,20,22)/t12-,16+/m1/s1. The lowest BCUT2D eigenvalue weighted by atomic mass is 9.68. The molecule has 6 heteroatoms. The van der Waals surface area contributed by atoms with Crippen molar-refractivity contribution < 1.29 is 14.4 Å². The second kappa shape index (κ2) is 4.32. The minimum atomic E-state index is -1.19. The molecule has 3 heterocycles. The predicted molar refractivity (Wildman–Crippen MR) is 79.3 cm³/mol. The third-order valence-electron chi connectivity index (χ3n) is 5.21. The molecule has 1 aromatic carbocycles. The van der Waals surface area contributed by atoms with Gasteiger partial charge in [-0.3, -0.25) is 19.8 Å². The van der Waals surface area contributed by atoms with Crippen molar-refractivity contribution in [3.63, 3.8) is 0 Å². The van der Waals surface area contributed by atoms with Gasteiger partial charge in [-0.2, -0.15) is 0 Å². The van der Waals surface area contributed by atoms with E-state index in [2.05, 4.69) is 10.2 Å². The molecule has 0 aliphatic carbocycles. The Morgan fingerprint density at radius 2 is 2.00 bits per heavy atom. The van der Waals surface area contributed by atoms with E-state index in [-0.39, 0.29) is 11.9 Å². The van der Waals surface area contributed by atoms with Gasteiger partial charge in [-0.15, -0.1) is 0 Å². The van der Waals surface area contributed by atoms with Crippen LogP contribution in [0.15, 0.2) is 24.3 Å². The zero-order valence-corrected chi connectivity index (χ0v) is 12.3. The molecule has 0 aromatic heterocycles. The third kappa shape index (κ3) is 1.47. The highest BCUT2D eigenvalue weighted by molar-refractivity contribution is 6.20. The number of fused-ring (bicyclic) bond motifs is 4. The lowest BCUT2D eigenvalue weighted by Crippen LogP contribution is -2.70. The number of hydrogen-bond acceptors (Lipinski definition) is 4. The summed E-state index contributed by atoms with van der Waals surface area (Å²) in [5, 5.41) is 2.36. The smallest absolute Gasteiger partial charge is 0.330 e. The fraction of sp³-hybridized carbons (Fsp3) is 0.438. The van der Waals surface area contributed by atoms with E-state index in [4.69, 9.17) is 0 Å². The number of barbiturate groups is 1. The lowest BCUT2D eigenvalue weighted by Gasteiger charge is -2.48. The van der Waals surface area contributed by atoms with Crippen molar-refractivity contribution in [2.45, 2.75) is 25.3 Å². The number of carbonyl (C=O) groups excluding carboxylic acids is 3. The minimum absolute atomic E-state index is 0.176. The maximum atomic E-state index is 12.9. The van der Waals surface area contributed by atoms with Crippen molar-refractivity contribution in [1.29, 1.82) is 0 Å². The number of urea groups is 1. The van der Waals surface area contributed by atoms with E-state index in [1.165, 1.54) is 7.05 Å². The van der Waals surface area contributed by atoms with E-state index < -0.39 is 17.4 Å². The van der Waals surface area contributed by atoms with Gasteiger partial charge < -0.3 is 4.90 Å². The molecule has 3 aliphatic heterocycles. The number of nitrogens with one attached hydrogen (secondary N) is 1. The van der Waals surface area contributed by atoms with Crippen LogP contribution in [0.4, 0.5) is 10.5 Å². The number of benzene rings is 1. The summed E-state index contributed by atoms with van der Waals surface area (Å²) >= 11 is 0. The predicted octanol–water partition coefficient (Wildman–Crippen LogP) is 0.906. The van der Waals surface area contributed by atoms with Gasteiger partial charge in [0, 0.05) is 19.3 Å². The second-order valence-corrected chi connectivity index (χ2v) is 6.25. The summed E-state index contributed by atoms with van der Waals surface area (Å²) < 4.78 is 0. The first-order valence-electron chi connectivity index (χ1n) is 7.54. The normalized spacial score (nSPS) is 30.4.